The Balaban J connectivity index is 1.83. The van der Waals surface area contributed by atoms with Gasteiger partial charge in [-0.05, 0) is 61.2 Å². The van der Waals surface area contributed by atoms with Crippen LogP contribution in [0, 0.1) is 19.7 Å². The molecule has 0 atom stereocenters. The lowest BCUT2D eigenvalue weighted by molar-refractivity contribution is 0.623. The normalized spacial score (nSPS) is 10.7. The summed E-state index contributed by atoms with van der Waals surface area (Å²) in [5, 5.41) is 3.42. The molecule has 2 aromatic carbocycles. The van der Waals surface area contributed by atoms with Crippen LogP contribution in [0.25, 0.3) is 0 Å². The average molecular weight is 257 g/mol. The maximum absolute atomic E-state index is 13.0. The van der Waals surface area contributed by atoms with Gasteiger partial charge in [0.1, 0.15) is 5.82 Å². The number of aryl methyl sites for hydroxylation is 2. The number of rotatable bonds is 5. The van der Waals surface area contributed by atoms with E-state index in [2.05, 4.69) is 36.5 Å². The van der Waals surface area contributed by atoms with Gasteiger partial charge in [-0.2, -0.15) is 0 Å². The van der Waals surface area contributed by atoms with E-state index in [-0.39, 0.29) is 5.82 Å². The first-order valence-corrected chi connectivity index (χ1v) is 6.67. The first-order chi connectivity index (χ1) is 9.16. The molecule has 0 radical (unpaired) electrons. The molecule has 0 unspecified atom stereocenters. The van der Waals surface area contributed by atoms with Gasteiger partial charge in [-0.1, -0.05) is 30.3 Å². The Kier molecular flexibility index (Phi) is 4.69. The largest absolute Gasteiger partial charge is 0.312 e. The van der Waals surface area contributed by atoms with E-state index >= 15 is 0 Å². The zero-order valence-corrected chi connectivity index (χ0v) is 11.5. The van der Waals surface area contributed by atoms with E-state index in [0.29, 0.717) is 0 Å². The highest BCUT2D eigenvalue weighted by atomic mass is 19.1. The van der Waals surface area contributed by atoms with Gasteiger partial charge in [-0.3, -0.25) is 0 Å². The van der Waals surface area contributed by atoms with Gasteiger partial charge < -0.3 is 5.32 Å². The maximum atomic E-state index is 13.0. The first kappa shape index (κ1) is 13.8. The molecule has 0 bridgehead atoms. The smallest absolute Gasteiger partial charge is 0.123 e. The third kappa shape index (κ3) is 3.90. The molecule has 19 heavy (non-hydrogen) atoms. The van der Waals surface area contributed by atoms with Crippen LogP contribution in [0.15, 0.2) is 42.5 Å². The van der Waals surface area contributed by atoms with Crippen molar-refractivity contribution >= 4 is 0 Å². The van der Waals surface area contributed by atoms with E-state index in [1.165, 1.54) is 17.2 Å². The zero-order chi connectivity index (χ0) is 13.7. The van der Waals surface area contributed by atoms with Gasteiger partial charge in [-0.25, -0.2) is 4.39 Å². The van der Waals surface area contributed by atoms with Crippen molar-refractivity contribution in [2.24, 2.45) is 0 Å². The van der Waals surface area contributed by atoms with E-state index in [4.69, 9.17) is 0 Å². The van der Waals surface area contributed by atoms with Gasteiger partial charge in [0.2, 0.25) is 0 Å². The van der Waals surface area contributed by atoms with Crippen LogP contribution in [0.3, 0.4) is 0 Å². The highest BCUT2D eigenvalue weighted by Crippen LogP contribution is 2.10. The standard InChI is InChI=1S/C17H20FN/c1-13-5-3-4-6-15(13)9-10-19-12-16-7-8-17(18)11-14(16)2/h3-8,11,19H,9-10,12H2,1-2H3. The fraction of sp³-hybridized carbons (Fsp3) is 0.294. The Bertz CT molecular complexity index is 549. The summed E-state index contributed by atoms with van der Waals surface area (Å²) in [6, 6.07) is 13.4. The van der Waals surface area contributed by atoms with E-state index in [1.54, 1.807) is 6.07 Å². The quantitative estimate of drug-likeness (QED) is 0.804. The van der Waals surface area contributed by atoms with Crippen molar-refractivity contribution in [1.82, 2.24) is 5.32 Å². The van der Waals surface area contributed by atoms with Gasteiger partial charge in [0, 0.05) is 6.54 Å². The van der Waals surface area contributed by atoms with Crippen molar-refractivity contribution in [2.45, 2.75) is 26.8 Å². The summed E-state index contributed by atoms with van der Waals surface area (Å²) in [4.78, 5) is 0. The van der Waals surface area contributed by atoms with Crippen LogP contribution in [0.2, 0.25) is 0 Å². The minimum Gasteiger partial charge on any atom is -0.312 e. The molecule has 2 rings (SSSR count). The van der Waals surface area contributed by atoms with Crippen LogP contribution in [-0.4, -0.2) is 6.54 Å². The summed E-state index contributed by atoms with van der Waals surface area (Å²) in [6.07, 6.45) is 1.02. The third-order valence-electron chi connectivity index (χ3n) is 3.45. The first-order valence-electron chi connectivity index (χ1n) is 6.67. The van der Waals surface area contributed by atoms with Crippen LogP contribution in [0.1, 0.15) is 22.3 Å². The van der Waals surface area contributed by atoms with Crippen LogP contribution in [-0.2, 0) is 13.0 Å². The van der Waals surface area contributed by atoms with E-state index < -0.39 is 0 Å². The molecule has 2 heteroatoms. The van der Waals surface area contributed by atoms with Crippen LogP contribution < -0.4 is 5.32 Å². The molecule has 0 fully saturated rings. The zero-order valence-electron chi connectivity index (χ0n) is 11.5. The number of benzene rings is 2. The highest BCUT2D eigenvalue weighted by molar-refractivity contribution is 5.27. The van der Waals surface area contributed by atoms with Crippen molar-refractivity contribution in [3.05, 3.63) is 70.5 Å². The summed E-state index contributed by atoms with van der Waals surface area (Å²) in [6.45, 7) is 5.81. The van der Waals surface area contributed by atoms with E-state index in [1.807, 2.05) is 13.0 Å². The molecule has 0 heterocycles. The molecule has 2 aromatic rings. The van der Waals surface area contributed by atoms with Crippen molar-refractivity contribution < 1.29 is 4.39 Å². The molecule has 0 spiro atoms. The molecule has 0 amide bonds. The SMILES string of the molecule is Cc1ccccc1CCNCc1ccc(F)cc1C. The van der Waals surface area contributed by atoms with Crippen LogP contribution in [0.4, 0.5) is 4.39 Å². The Hall–Kier alpha value is -1.67. The molecule has 1 nitrogen and oxygen atoms in total. The van der Waals surface area contributed by atoms with Crippen molar-refractivity contribution in [3.63, 3.8) is 0 Å². The summed E-state index contributed by atoms with van der Waals surface area (Å²) in [7, 11) is 0. The van der Waals surface area contributed by atoms with Gasteiger partial charge in [-0.15, -0.1) is 0 Å². The topological polar surface area (TPSA) is 12.0 Å². The van der Waals surface area contributed by atoms with Crippen molar-refractivity contribution in [1.29, 1.82) is 0 Å². The maximum Gasteiger partial charge on any atom is 0.123 e. The molecular formula is C17H20FN. The number of hydrogen-bond acceptors (Lipinski definition) is 1. The van der Waals surface area contributed by atoms with Crippen LogP contribution >= 0.6 is 0 Å². The van der Waals surface area contributed by atoms with Crippen molar-refractivity contribution in [3.8, 4) is 0 Å². The lowest BCUT2D eigenvalue weighted by Gasteiger charge is -2.09. The molecule has 0 aromatic heterocycles. The Labute approximate surface area is 114 Å². The molecule has 100 valence electrons. The van der Waals surface area contributed by atoms with E-state index in [9.17, 15) is 4.39 Å². The second-order valence-corrected chi connectivity index (χ2v) is 4.92. The molecule has 1 N–H and O–H groups in total. The molecule has 0 aliphatic heterocycles. The molecule has 0 saturated carbocycles. The molecule has 0 aliphatic carbocycles. The molecule has 0 saturated heterocycles. The molecular weight excluding hydrogens is 237 g/mol. The Morgan fingerprint density at radius 1 is 0.947 bits per heavy atom. The fourth-order valence-corrected chi connectivity index (χ4v) is 2.19. The summed E-state index contributed by atoms with van der Waals surface area (Å²) in [5.41, 5.74) is 4.88. The van der Waals surface area contributed by atoms with Crippen LogP contribution in [0.5, 0.6) is 0 Å². The Morgan fingerprint density at radius 3 is 2.47 bits per heavy atom. The molecule has 0 aliphatic rings. The number of hydrogen-bond donors (Lipinski definition) is 1. The Morgan fingerprint density at radius 2 is 1.74 bits per heavy atom. The van der Waals surface area contributed by atoms with Gasteiger partial charge >= 0.3 is 0 Å². The lowest BCUT2D eigenvalue weighted by atomic mass is 10.1. The summed E-state index contributed by atoms with van der Waals surface area (Å²) in [5.74, 6) is -0.166. The van der Waals surface area contributed by atoms with E-state index in [0.717, 1.165) is 30.6 Å². The highest BCUT2D eigenvalue weighted by Gasteiger charge is 2.00. The second-order valence-electron chi connectivity index (χ2n) is 4.92. The predicted molar refractivity (Wildman–Crippen MR) is 77.7 cm³/mol. The van der Waals surface area contributed by atoms with Gasteiger partial charge in [0.15, 0.2) is 0 Å². The predicted octanol–water partition coefficient (Wildman–Crippen LogP) is 3.77. The number of halogens is 1. The monoisotopic (exact) mass is 257 g/mol. The summed E-state index contributed by atoms with van der Waals surface area (Å²) >= 11 is 0. The second kappa shape index (κ2) is 6.48. The summed E-state index contributed by atoms with van der Waals surface area (Å²) < 4.78 is 13.0. The van der Waals surface area contributed by atoms with Crippen molar-refractivity contribution in [2.75, 3.05) is 6.54 Å². The lowest BCUT2D eigenvalue weighted by Crippen LogP contribution is -2.17. The minimum atomic E-state index is -0.166. The number of nitrogens with one attached hydrogen (secondary N) is 1. The van der Waals surface area contributed by atoms with Gasteiger partial charge in [0.05, 0.1) is 0 Å². The average Bonchev–Trinajstić information content (AvgIpc) is 2.38. The third-order valence-corrected chi connectivity index (χ3v) is 3.45. The minimum absolute atomic E-state index is 0.166. The fourth-order valence-electron chi connectivity index (χ4n) is 2.19. The van der Waals surface area contributed by atoms with Gasteiger partial charge in [0.25, 0.3) is 0 Å².